The van der Waals surface area contributed by atoms with E-state index in [2.05, 4.69) is 15.6 Å². The predicted molar refractivity (Wildman–Crippen MR) is 129 cm³/mol. The van der Waals surface area contributed by atoms with Gasteiger partial charge in [0.2, 0.25) is 5.91 Å². The summed E-state index contributed by atoms with van der Waals surface area (Å²) in [5, 5.41) is 6.76. The molecule has 7 heteroatoms. The van der Waals surface area contributed by atoms with Crippen molar-refractivity contribution in [3.63, 3.8) is 0 Å². The summed E-state index contributed by atoms with van der Waals surface area (Å²) in [7, 11) is 0. The van der Waals surface area contributed by atoms with E-state index in [0.29, 0.717) is 17.7 Å². The van der Waals surface area contributed by atoms with Gasteiger partial charge in [0.1, 0.15) is 10.8 Å². The molecule has 0 aliphatic heterocycles. The molecule has 1 aliphatic carbocycles. The molecule has 2 amide bonds. The van der Waals surface area contributed by atoms with E-state index in [4.69, 9.17) is 4.98 Å². The van der Waals surface area contributed by atoms with E-state index in [9.17, 15) is 9.59 Å². The molecule has 0 spiro atoms. The highest BCUT2D eigenvalue weighted by Crippen LogP contribution is 2.43. The molecule has 0 unspecified atom stereocenters. The highest BCUT2D eigenvalue weighted by Gasteiger charge is 2.25. The van der Waals surface area contributed by atoms with Gasteiger partial charge in [0.15, 0.2) is 0 Å². The fourth-order valence-corrected chi connectivity index (χ4v) is 5.42. The number of thiophene rings is 1. The van der Waals surface area contributed by atoms with Gasteiger partial charge in [-0.1, -0.05) is 25.1 Å². The summed E-state index contributed by atoms with van der Waals surface area (Å²) in [6.07, 6.45) is 4.72. The molecule has 3 N–H and O–H groups in total. The number of aromatic nitrogens is 2. The highest BCUT2D eigenvalue weighted by atomic mass is 32.1. The van der Waals surface area contributed by atoms with Crippen LogP contribution >= 0.6 is 11.3 Å². The fourth-order valence-electron chi connectivity index (χ4n) is 4.14. The van der Waals surface area contributed by atoms with Gasteiger partial charge in [0.25, 0.3) is 5.91 Å². The van der Waals surface area contributed by atoms with Gasteiger partial charge in [-0.15, -0.1) is 11.3 Å². The average Bonchev–Trinajstić information content (AvgIpc) is 3.39. The van der Waals surface area contributed by atoms with Gasteiger partial charge in [0.05, 0.1) is 16.6 Å². The topological polar surface area (TPSA) is 86.9 Å². The summed E-state index contributed by atoms with van der Waals surface area (Å²) in [6.45, 7) is 1.80. The lowest BCUT2D eigenvalue weighted by molar-refractivity contribution is -0.115. The van der Waals surface area contributed by atoms with Crippen molar-refractivity contribution in [2.45, 2.75) is 39.0 Å². The number of anilines is 2. The molecule has 0 atom stereocenters. The van der Waals surface area contributed by atoms with Crippen LogP contribution in [0.2, 0.25) is 0 Å². The van der Waals surface area contributed by atoms with Crippen LogP contribution < -0.4 is 10.6 Å². The number of aryl methyl sites for hydroxylation is 1. The number of amides is 2. The van der Waals surface area contributed by atoms with Crippen molar-refractivity contribution in [2.24, 2.45) is 0 Å². The van der Waals surface area contributed by atoms with Gasteiger partial charge < -0.3 is 15.6 Å². The summed E-state index contributed by atoms with van der Waals surface area (Å²) in [5.41, 5.74) is 5.31. The summed E-state index contributed by atoms with van der Waals surface area (Å²) in [5.74, 6) is 0.513. The van der Waals surface area contributed by atoms with Crippen molar-refractivity contribution in [1.29, 1.82) is 0 Å². The van der Waals surface area contributed by atoms with Crippen LogP contribution in [-0.4, -0.2) is 21.8 Å². The number of nitrogens with one attached hydrogen (secondary N) is 3. The molecule has 2 aromatic heterocycles. The Kier molecular flexibility index (Phi) is 5.49. The van der Waals surface area contributed by atoms with Gasteiger partial charge in [0, 0.05) is 22.5 Å². The first kappa shape index (κ1) is 20.5. The fraction of sp³-hybridized carbons (Fsp3) is 0.240. The molecule has 2 aromatic carbocycles. The van der Waals surface area contributed by atoms with E-state index in [1.165, 1.54) is 16.9 Å². The maximum Gasteiger partial charge on any atom is 0.256 e. The van der Waals surface area contributed by atoms with Crippen LogP contribution in [0.25, 0.3) is 22.4 Å². The van der Waals surface area contributed by atoms with Crippen molar-refractivity contribution in [2.75, 3.05) is 10.6 Å². The lowest BCUT2D eigenvalue weighted by atomic mass is 9.95. The molecule has 1 aliphatic rings. The number of hydrogen-bond acceptors (Lipinski definition) is 4. The van der Waals surface area contributed by atoms with Gasteiger partial charge >= 0.3 is 0 Å². The van der Waals surface area contributed by atoms with Crippen LogP contribution in [0.3, 0.4) is 0 Å². The van der Waals surface area contributed by atoms with Crippen molar-refractivity contribution in [3.8, 4) is 11.4 Å². The molecule has 6 nitrogen and oxygen atoms in total. The van der Waals surface area contributed by atoms with Gasteiger partial charge in [-0.3, -0.25) is 9.59 Å². The van der Waals surface area contributed by atoms with Gasteiger partial charge in [-0.05, 0) is 61.6 Å². The molecular formula is C25H24N4O2S. The first-order chi connectivity index (χ1) is 15.6. The molecule has 5 rings (SSSR count). The number of imidazole rings is 1. The van der Waals surface area contributed by atoms with Crippen LogP contribution in [0, 0.1) is 0 Å². The van der Waals surface area contributed by atoms with Crippen molar-refractivity contribution >= 4 is 44.9 Å². The van der Waals surface area contributed by atoms with E-state index in [1.807, 2.05) is 24.3 Å². The number of carbonyl (C=O) groups excluding carboxylic acids is 2. The third-order valence-corrected chi connectivity index (χ3v) is 6.96. The van der Waals surface area contributed by atoms with Gasteiger partial charge in [-0.2, -0.15) is 0 Å². The quantitative estimate of drug-likeness (QED) is 0.365. The Hall–Kier alpha value is -3.45. The normalized spacial score (nSPS) is 13.0. The minimum Gasteiger partial charge on any atom is -0.338 e. The molecule has 2 heterocycles. The third-order valence-electron chi connectivity index (χ3n) is 5.75. The molecule has 0 saturated carbocycles. The number of carbonyl (C=O) groups is 2. The van der Waals surface area contributed by atoms with E-state index >= 15 is 0 Å². The largest absolute Gasteiger partial charge is 0.338 e. The molecule has 0 saturated heterocycles. The van der Waals surface area contributed by atoms with Crippen LogP contribution in [-0.2, 0) is 17.6 Å². The molecule has 4 aromatic rings. The zero-order valence-electron chi connectivity index (χ0n) is 17.8. The van der Waals surface area contributed by atoms with E-state index in [0.717, 1.165) is 46.7 Å². The van der Waals surface area contributed by atoms with Crippen LogP contribution in [0.4, 0.5) is 10.7 Å². The first-order valence-corrected chi connectivity index (χ1v) is 11.7. The number of H-pyrrole nitrogens is 1. The number of benzene rings is 2. The molecule has 162 valence electrons. The third kappa shape index (κ3) is 3.91. The minimum atomic E-state index is -0.200. The van der Waals surface area contributed by atoms with E-state index in [-0.39, 0.29) is 11.8 Å². The van der Waals surface area contributed by atoms with E-state index < -0.39 is 0 Å². The Morgan fingerprint density at radius 2 is 1.91 bits per heavy atom. The Balaban J connectivity index is 1.50. The molecule has 0 fully saturated rings. The Morgan fingerprint density at radius 1 is 1.06 bits per heavy atom. The number of fused-ring (bicyclic) bond motifs is 2. The monoisotopic (exact) mass is 444 g/mol. The zero-order chi connectivity index (χ0) is 22.1. The lowest BCUT2D eigenvalue weighted by Crippen LogP contribution is -2.14. The number of rotatable bonds is 5. The summed E-state index contributed by atoms with van der Waals surface area (Å²) < 4.78 is 0. The highest BCUT2D eigenvalue weighted by molar-refractivity contribution is 7.17. The average molecular weight is 445 g/mol. The number of aromatic amines is 1. The van der Waals surface area contributed by atoms with E-state index in [1.54, 1.807) is 42.5 Å². The molecular weight excluding hydrogens is 420 g/mol. The van der Waals surface area contributed by atoms with Crippen LogP contribution in [0.15, 0.2) is 48.5 Å². The Labute approximate surface area is 190 Å². The SMILES string of the molecule is CCC(=O)Nc1cccc(C(=O)Nc2sc3c(c2-c2nc4ccccc4[nH]2)CCCC3)c1. The second-order valence-corrected chi connectivity index (χ2v) is 9.06. The first-order valence-electron chi connectivity index (χ1n) is 10.9. The van der Waals surface area contributed by atoms with Crippen LogP contribution in [0.5, 0.6) is 0 Å². The second-order valence-electron chi connectivity index (χ2n) is 7.95. The lowest BCUT2D eigenvalue weighted by Gasteiger charge is -2.12. The van der Waals surface area contributed by atoms with Crippen LogP contribution in [0.1, 0.15) is 47.0 Å². The maximum atomic E-state index is 13.1. The van der Waals surface area contributed by atoms with Crippen molar-refractivity contribution in [1.82, 2.24) is 9.97 Å². The Bertz CT molecular complexity index is 1290. The zero-order valence-corrected chi connectivity index (χ0v) is 18.6. The standard InChI is InChI=1S/C25H24N4O2S/c1-2-21(30)26-16-9-7-8-15(14-16)24(31)29-25-22(17-10-3-6-13-20(17)32-25)23-27-18-11-4-5-12-19(18)28-23/h4-5,7-9,11-12,14H,2-3,6,10,13H2,1H3,(H,26,30)(H,27,28)(H,29,31). The van der Waals surface area contributed by atoms with Gasteiger partial charge in [-0.25, -0.2) is 4.98 Å². The number of nitrogens with zero attached hydrogens (tertiary/aromatic N) is 1. The summed E-state index contributed by atoms with van der Waals surface area (Å²) >= 11 is 1.65. The smallest absolute Gasteiger partial charge is 0.256 e. The maximum absolute atomic E-state index is 13.1. The minimum absolute atomic E-state index is 0.0827. The summed E-state index contributed by atoms with van der Waals surface area (Å²) in [6, 6.07) is 15.0. The number of para-hydroxylation sites is 2. The second kappa shape index (κ2) is 8.59. The number of hydrogen-bond donors (Lipinski definition) is 3. The van der Waals surface area contributed by atoms with Crippen molar-refractivity contribution < 1.29 is 9.59 Å². The van der Waals surface area contributed by atoms with Crippen molar-refractivity contribution in [3.05, 3.63) is 64.5 Å². The molecule has 32 heavy (non-hydrogen) atoms. The predicted octanol–water partition coefficient (Wildman–Crippen LogP) is 5.77. The Morgan fingerprint density at radius 3 is 2.75 bits per heavy atom. The molecule has 0 radical (unpaired) electrons. The molecule has 0 bridgehead atoms. The summed E-state index contributed by atoms with van der Waals surface area (Å²) in [4.78, 5) is 34.4.